The minimum absolute atomic E-state index is 0.247. The molecule has 0 aliphatic heterocycles. The Morgan fingerprint density at radius 2 is 1.71 bits per heavy atom. The lowest BCUT2D eigenvalue weighted by atomic mass is 9.85. The summed E-state index contributed by atoms with van der Waals surface area (Å²) in [5.41, 5.74) is 2.26. The Morgan fingerprint density at radius 1 is 1.10 bits per heavy atom. The average Bonchev–Trinajstić information content (AvgIpc) is 2.52. The third-order valence-electron chi connectivity index (χ3n) is 4.70. The molecule has 3 atom stereocenters. The molecule has 3 N–H and O–H groups in total. The molecule has 118 valence electrons. The molecule has 1 aliphatic rings. The van der Waals surface area contributed by atoms with E-state index in [1.165, 1.54) is 18.4 Å². The molecule has 3 heteroatoms. The van der Waals surface area contributed by atoms with Crippen LogP contribution < -0.4 is 5.32 Å². The van der Waals surface area contributed by atoms with E-state index in [0.717, 1.165) is 18.4 Å². The van der Waals surface area contributed by atoms with Crippen LogP contribution in [0, 0.1) is 5.92 Å². The SMILES string of the molecule is CC(C)c1ccc(C(O)CNC2CCCCC2CO)cc1. The highest BCUT2D eigenvalue weighted by atomic mass is 16.3. The maximum atomic E-state index is 10.3. The van der Waals surface area contributed by atoms with Gasteiger partial charge in [-0.25, -0.2) is 0 Å². The first-order valence-electron chi connectivity index (χ1n) is 8.24. The van der Waals surface area contributed by atoms with Crippen molar-refractivity contribution in [2.75, 3.05) is 13.2 Å². The summed E-state index contributed by atoms with van der Waals surface area (Å²) < 4.78 is 0. The second-order valence-electron chi connectivity index (χ2n) is 6.58. The van der Waals surface area contributed by atoms with Crippen LogP contribution in [0.4, 0.5) is 0 Å². The van der Waals surface area contributed by atoms with Gasteiger partial charge in [-0.3, -0.25) is 0 Å². The first-order chi connectivity index (χ1) is 10.1. The fourth-order valence-corrected chi connectivity index (χ4v) is 3.18. The molecule has 1 aromatic carbocycles. The molecule has 1 fully saturated rings. The first-order valence-corrected chi connectivity index (χ1v) is 8.24. The number of rotatable bonds is 6. The molecule has 0 amide bonds. The van der Waals surface area contributed by atoms with Crippen molar-refractivity contribution in [1.82, 2.24) is 5.32 Å². The molecule has 1 saturated carbocycles. The van der Waals surface area contributed by atoms with Crippen LogP contribution in [0.25, 0.3) is 0 Å². The van der Waals surface area contributed by atoms with Crippen LogP contribution >= 0.6 is 0 Å². The Labute approximate surface area is 128 Å². The van der Waals surface area contributed by atoms with E-state index in [9.17, 15) is 10.2 Å². The average molecular weight is 291 g/mol. The van der Waals surface area contributed by atoms with Crippen molar-refractivity contribution in [3.8, 4) is 0 Å². The van der Waals surface area contributed by atoms with E-state index in [-0.39, 0.29) is 6.61 Å². The number of hydrogen-bond donors (Lipinski definition) is 3. The fourth-order valence-electron chi connectivity index (χ4n) is 3.18. The summed E-state index contributed by atoms with van der Waals surface area (Å²) in [5, 5.41) is 23.2. The van der Waals surface area contributed by atoms with E-state index in [2.05, 4.69) is 31.3 Å². The molecule has 21 heavy (non-hydrogen) atoms. The number of aliphatic hydroxyl groups is 2. The minimum atomic E-state index is -0.479. The highest BCUT2D eigenvalue weighted by Gasteiger charge is 2.24. The van der Waals surface area contributed by atoms with Crippen molar-refractivity contribution in [1.29, 1.82) is 0 Å². The van der Waals surface area contributed by atoms with E-state index in [4.69, 9.17) is 0 Å². The van der Waals surface area contributed by atoms with Gasteiger partial charge in [-0.05, 0) is 35.8 Å². The number of hydrogen-bond acceptors (Lipinski definition) is 3. The molecule has 0 aromatic heterocycles. The maximum Gasteiger partial charge on any atom is 0.0914 e. The molecule has 2 rings (SSSR count). The Balaban J connectivity index is 1.87. The fraction of sp³-hybridized carbons (Fsp3) is 0.667. The van der Waals surface area contributed by atoms with Gasteiger partial charge in [0.2, 0.25) is 0 Å². The van der Waals surface area contributed by atoms with Crippen molar-refractivity contribution < 1.29 is 10.2 Å². The summed E-state index contributed by atoms with van der Waals surface area (Å²) in [4.78, 5) is 0. The summed E-state index contributed by atoms with van der Waals surface area (Å²) in [5.74, 6) is 0.858. The third kappa shape index (κ3) is 4.53. The van der Waals surface area contributed by atoms with Gasteiger partial charge < -0.3 is 15.5 Å². The summed E-state index contributed by atoms with van der Waals surface area (Å²) in [6.07, 6.45) is 4.14. The summed E-state index contributed by atoms with van der Waals surface area (Å²) in [6.45, 7) is 5.15. The number of aliphatic hydroxyl groups excluding tert-OH is 2. The van der Waals surface area contributed by atoms with E-state index >= 15 is 0 Å². The molecule has 0 saturated heterocycles. The van der Waals surface area contributed by atoms with Crippen LogP contribution in [-0.2, 0) is 0 Å². The topological polar surface area (TPSA) is 52.5 Å². The molecular weight excluding hydrogens is 262 g/mol. The molecule has 1 aromatic rings. The van der Waals surface area contributed by atoms with Crippen LogP contribution in [0.15, 0.2) is 24.3 Å². The molecule has 0 bridgehead atoms. The van der Waals surface area contributed by atoms with Gasteiger partial charge in [0.05, 0.1) is 6.10 Å². The Kier molecular flexibility index (Phi) is 6.22. The molecule has 1 aliphatic carbocycles. The van der Waals surface area contributed by atoms with Gasteiger partial charge in [-0.2, -0.15) is 0 Å². The lowest BCUT2D eigenvalue weighted by Gasteiger charge is -2.31. The van der Waals surface area contributed by atoms with Crippen molar-refractivity contribution in [2.45, 2.75) is 57.6 Å². The monoisotopic (exact) mass is 291 g/mol. The van der Waals surface area contributed by atoms with Gasteiger partial charge in [-0.1, -0.05) is 51.0 Å². The van der Waals surface area contributed by atoms with Gasteiger partial charge in [-0.15, -0.1) is 0 Å². The first kappa shape index (κ1) is 16.5. The molecule has 0 heterocycles. The zero-order chi connectivity index (χ0) is 15.2. The molecule has 3 nitrogen and oxygen atoms in total. The van der Waals surface area contributed by atoms with Crippen molar-refractivity contribution in [3.05, 3.63) is 35.4 Å². The Morgan fingerprint density at radius 3 is 2.33 bits per heavy atom. The summed E-state index contributed by atoms with van der Waals surface area (Å²) in [6, 6.07) is 8.58. The minimum Gasteiger partial charge on any atom is -0.396 e. The van der Waals surface area contributed by atoms with Crippen LogP contribution in [0.1, 0.15) is 62.7 Å². The van der Waals surface area contributed by atoms with E-state index in [0.29, 0.717) is 24.4 Å². The largest absolute Gasteiger partial charge is 0.396 e. The Hall–Kier alpha value is -0.900. The van der Waals surface area contributed by atoms with E-state index in [1.54, 1.807) is 0 Å². The predicted octanol–water partition coefficient (Wildman–Crippen LogP) is 2.98. The summed E-state index contributed by atoms with van der Waals surface area (Å²) in [7, 11) is 0. The predicted molar refractivity (Wildman–Crippen MR) is 86.3 cm³/mol. The zero-order valence-electron chi connectivity index (χ0n) is 13.3. The summed E-state index contributed by atoms with van der Waals surface area (Å²) >= 11 is 0. The van der Waals surface area contributed by atoms with Crippen molar-refractivity contribution in [3.63, 3.8) is 0 Å². The molecular formula is C18H29NO2. The van der Waals surface area contributed by atoms with Crippen molar-refractivity contribution >= 4 is 0 Å². The lowest BCUT2D eigenvalue weighted by molar-refractivity contribution is 0.127. The quantitative estimate of drug-likeness (QED) is 0.755. The van der Waals surface area contributed by atoms with E-state index in [1.807, 2.05) is 12.1 Å². The third-order valence-corrected chi connectivity index (χ3v) is 4.70. The molecule has 0 spiro atoms. The maximum absolute atomic E-state index is 10.3. The lowest BCUT2D eigenvalue weighted by Crippen LogP contribution is -2.41. The van der Waals surface area contributed by atoms with E-state index < -0.39 is 6.10 Å². The zero-order valence-corrected chi connectivity index (χ0v) is 13.3. The Bertz CT molecular complexity index is 416. The van der Waals surface area contributed by atoms with Crippen LogP contribution in [0.3, 0.4) is 0 Å². The number of benzene rings is 1. The van der Waals surface area contributed by atoms with Gasteiger partial charge in [0.1, 0.15) is 0 Å². The van der Waals surface area contributed by atoms with Gasteiger partial charge in [0.15, 0.2) is 0 Å². The highest BCUT2D eigenvalue weighted by Crippen LogP contribution is 2.25. The standard InChI is InChI=1S/C18H29NO2/c1-13(2)14-7-9-15(10-8-14)18(21)11-19-17-6-4-3-5-16(17)12-20/h7-10,13,16-21H,3-6,11-12H2,1-2H3. The number of nitrogens with one attached hydrogen (secondary N) is 1. The van der Waals surface area contributed by atoms with Gasteiger partial charge in [0.25, 0.3) is 0 Å². The normalized spacial score (nSPS) is 24.2. The smallest absolute Gasteiger partial charge is 0.0914 e. The van der Waals surface area contributed by atoms with Gasteiger partial charge >= 0.3 is 0 Å². The van der Waals surface area contributed by atoms with Crippen LogP contribution in [0.2, 0.25) is 0 Å². The second-order valence-corrected chi connectivity index (χ2v) is 6.58. The van der Waals surface area contributed by atoms with Gasteiger partial charge in [0, 0.05) is 19.2 Å². The molecule has 0 radical (unpaired) electrons. The van der Waals surface area contributed by atoms with Crippen LogP contribution in [0.5, 0.6) is 0 Å². The van der Waals surface area contributed by atoms with Crippen molar-refractivity contribution in [2.24, 2.45) is 5.92 Å². The van der Waals surface area contributed by atoms with Crippen LogP contribution in [-0.4, -0.2) is 29.4 Å². The molecule has 3 unspecified atom stereocenters. The highest BCUT2D eigenvalue weighted by molar-refractivity contribution is 5.26. The second kappa shape index (κ2) is 7.92.